The molecule has 25 heavy (non-hydrogen) atoms. The molecular weight excluding hydrogens is 332 g/mol. The van der Waals surface area contributed by atoms with Crippen LogP contribution < -0.4 is 5.32 Å². The molecule has 2 heterocycles. The number of nitrogens with one attached hydrogen (secondary N) is 1. The Hall–Kier alpha value is -2.59. The predicted octanol–water partition coefficient (Wildman–Crippen LogP) is 5.11. The minimum absolute atomic E-state index is 0.00522. The van der Waals surface area contributed by atoms with Gasteiger partial charge in [0, 0.05) is 10.7 Å². The van der Waals surface area contributed by atoms with Gasteiger partial charge in [0.15, 0.2) is 0 Å². The normalized spacial score (nSPS) is 16.3. The summed E-state index contributed by atoms with van der Waals surface area (Å²) in [7, 11) is 0. The van der Waals surface area contributed by atoms with Crippen LogP contribution in [0.25, 0.3) is 5.70 Å². The van der Waals surface area contributed by atoms with Crippen LogP contribution in [0.1, 0.15) is 42.5 Å². The van der Waals surface area contributed by atoms with E-state index >= 15 is 0 Å². The molecule has 1 aliphatic heterocycles. The van der Waals surface area contributed by atoms with E-state index in [0.717, 1.165) is 22.2 Å². The fourth-order valence-corrected chi connectivity index (χ4v) is 3.17. The Labute approximate surface area is 152 Å². The Morgan fingerprint density at radius 2 is 1.76 bits per heavy atom. The Morgan fingerprint density at radius 1 is 1.04 bits per heavy atom. The van der Waals surface area contributed by atoms with Gasteiger partial charge in [0.1, 0.15) is 12.4 Å². The smallest absolute Gasteiger partial charge is 0.226 e. The molecule has 4 nitrogen and oxygen atoms in total. The monoisotopic (exact) mass is 350 g/mol. The van der Waals surface area contributed by atoms with Gasteiger partial charge in [-0.2, -0.15) is 10.1 Å². The summed E-state index contributed by atoms with van der Waals surface area (Å²) in [5.41, 5.74) is 4.60. The zero-order valence-corrected chi connectivity index (χ0v) is 14.9. The summed E-state index contributed by atoms with van der Waals surface area (Å²) in [6, 6.07) is 16.5. The number of hydrogen-bond donors (Lipinski definition) is 1. The van der Waals surface area contributed by atoms with Gasteiger partial charge in [0.25, 0.3) is 0 Å². The predicted molar refractivity (Wildman–Crippen MR) is 102 cm³/mol. The van der Waals surface area contributed by atoms with Crippen molar-refractivity contribution in [1.82, 2.24) is 14.8 Å². The number of benzene rings is 2. The quantitative estimate of drug-likeness (QED) is 0.713. The number of aromatic nitrogens is 3. The third-order valence-corrected chi connectivity index (χ3v) is 4.76. The fourth-order valence-electron chi connectivity index (χ4n) is 3.05. The van der Waals surface area contributed by atoms with Gasteiger partial charge >= 0.3 is 0 Å². The number of hydrogen-bond acceptors (Lipinski definition) is 3. The summed E-state index contributed by atoms with van der Waals surface area (Å²) in [6.07, 6.45) is 3.76. The van der Waals surface area contributed by atoms with E-state index in [-0.39, 0.29) is 6.04 Å². The highest BCUT2D eigenvalue weighted by atomic mass is 35.5. The maximum atomic E-state index is 6.01. The largest absolute Gasteiger partial charge is 0.324 e. The number of nitrogens with zero attached hydrogens (tertiary/aromatic N) is 3. The first-order valence-electron chi connectivity index (χ1n) is 8.36. The van der Waals surface area contributed by atoms with Crippen molar-refractivity contribution in [3.63, 3.8) is 0 Å². The lowest BCUT2D eigenvalue weighted by atomic mass is 9.97. The second kappa shape index (κ2) is 6.37. The van der Waals surface area contributed by atoms with Crippen LogP contribution in [0.15, 0.2) is 60.9 Å². The number of anilines is 1. The molecule has 2 aromatic carbocycles. The molecular formula is C20H19ClN4. The van der Waals surface area contributed by atoms with Crippen molar-refractivity contribution in [1.29, 1.82) is 0 Å². The van der Waals surface area contributed by atoms with Crippen molar-refractivity contribution >= 4 is 23.2 Å². The van der Waals surface area contributed by atoms with Gasteiger partial charge in [0.05, 0.1) is 0 Å². The van der Waals surface area contributed by atoms with Crippen molar-refractivity contribution in [3.8, 4) is 0 Å². The van der Waals surface area contributed by atoms with Gasteiger partial charge in [-0.15, -0.1) is 0 Å². The lowest BCUT2D eigenvalue weighted by Crippen LogP contribution is -2.20. The van der Waals surface area contributed by atoms with Gasteiger partial charge in [-0.25, -0.2) is 4.68 Å². The van der Waals surface area contributed by atoms with Crippen LogP contribution in [-0.2, 0) is 0 Å². The summed E-state index contributed by atoms with van der Waals surface area (Å²) in [6.45, 7) is 4.40. The molecule has 0 saturated carbocycles. The third kappa shape index (κ3) is 3.05. The van der Waals surface area contributed by atoms with Crippen molar-refractivity contribution in [2.45, 2.75) is 25.8 Å². The molecule has 0 spiro atoms. The van der Waals surface area contributed by atoms with E-state index in [0.29, 0.717) is 5.92 Å². The molecule has 1 N–H and O–H groups in total. The lowest BCUT2D eigenvalue weighted by Gasteiger charge is -2.24. The average molecular weight is 351 g/mol. The topological polar surface area (TPSA) is 42.7 Å². The van der Waals surface area contributed by atoms with Crippen LogP contribution in [-0.4, -0.2) is 14.8 Å². The average Bonchev–Trinajstić information content (AvgIpc) is 3.10. The molecule has 4 rings (SSSR count). The molecule has 0 aliphatic carbocycles. The molecule has 126 valence electrons. The van der Waals surface area contributed by atoms with Gasteiger partial charge < -0.3 is 5.32 Å². The summed E-state index contributed by atoms with van der Waals surface area (Å²) in [4.78, 5) is 4.35. The summed E-state index contributed by atoms with van der Waals surface area (Å²) < 4.78 is 1.91. The van der Waals surface area contributed by atoms with Gasteiger partial charge in [0.2, 0.25) is 5.95 Å². The first-order valence-corrected chi connectivity index (χ1v) is 8.74. The lowest BCUT2D eigenvalue weighted by molar-refractivity contribution is 0.611. The molecule has 0 amide bonds. The zero-order valence-electron chi connectivity index (χ0n) is 14.1. The number of allylic oxidation sites excluding steroid dienone is 1. The minimum atomic E-state index is 0.00522. The number of fused-ring (bicyclic) bond motifs is 1. The molecule has 0 unspecified atom stereocenters. The summed E-state index contributed by atoms with van der Waals surface area (Å²) in [5.74, 6) is 1.26. The second-order valence-electron chi connectivity index (χ2n) is 6.51. The summed E-state index contributed by atoms with van der Waals surface area (Å²) in [5, 5.41) is 8.47. The SMILES string of the molecule is CC(C)c1ccc([C@H]2C=C(c3ccc(Cl)cc3)Nc3ncnn32)cc1. The van der Waals surface area contributed by atoms with Gasteiger partial charge in [-0.3, -0.25) is 0 Å². The van der Waals surface area contributed by atoms with E-state index in [9.17, 15) is 0 Å². The Balaban J connectivity index is 1.75. The summed E-state index contributed by atoms with van der Waals surface area (Å²) >= 11 is 6.01. The number of halogens is 1. The fraction of sp³-hybridized carbons (Fsp3) is 0.200. The van der Waals surface area contributed by atoms with Gasteiger partial charge in [-0.1, -0.05) is 61.8 Å². The molecule has 3 aromatic rings. The molecule has 5 heteroatoms. The maximum absolute atomic E-state index is 6.01. The van der Waals surface area contributed by atoms with E-state index in [1.54, 1.807) is 6.33 Å². The van der Waals surface area contributed by atoms with Crippen molar-refractivity contribution in [2.24, 2.45) is 0 Å². The van der Waals surface area contributed by atoms with Crippen LogP contribution in [0.5, 0.6) is 0 Å². The number of rotatable bonds is 3. The molecule has 1 aliphatic rings. The molecule has 1 atom stereocenters. The molecule has 0 fully saturated rings. The second-order valence-corrected chi connectivity index (χ2v) is 6.94. The van der Waals surface area contributed by atoms with Crippen LogP contribution >= 0.6 is 11.6 Å². The highest BCUT2D eigenvalue weighted by Crippen LogP contribution is 2.32. The van der Waals surface area contributed by atoms with Crippen molar-refractivity contribution in [2.75, 3.05) is 5.32 Å². The van der Waals surface area contributed by atoms with E-state index in [1.807, 2.05) is 28.9 Å². The Morgan fingerprint density at radius 3 is 2.44 bits per heavy atom. The molecule has 0 radical (unpaired) electrons. The van der Waals surface area contributed by atoms with Crippen LogP contribution in [0, 0.1) is 0 Å². The van der Waals surface area contributed by atoms with Crippen molar-refractivity contribution in [3.05, 3.63) is 82.6 Å². The first-order chi connectivity index (χ1) is 12.1. The van der Waals surface area contributed by atoms with Gasteiger partial charge in [-0.05, 0) is 40.8 Å². The van der Waals surface area contributed by atoms with Crippen LogP contribution in [0.2, 0.25) is 5.02 Å². The zero-order chi connectivity index (χ0) is 17.4. The first kappa shape index (κ1) is 15.9. The maximum Gasteiger partial charge on any atom is 0.226 e. The van der Waals surface area contributed by atoms with E-state index < -0.39 is 0 Å². The van der Waals surface area contributed by atoms with E-state index in [4.69, 9.17) is 11.6 Å². The highest BCUT2D eigenvalue weighted by molar-refractivity contribution is 6.30. The van der Waals surface area contributed by atoms with Crippen LogP contribution in [0.3, 0.4) is 0 Å². The third-order valence-electron chi connectivity index (χ3n) is 4.51. The van der Waals surface area contributed by atoms with Crippen molar-refractivity contribution < 1.29 is 0 Å². The van der Waals surface area contributed by atoms with E-state index in [1.165, 1.54) is 11.1 Å². The molecule has 0 bridgehead atoms. The molecule has 1 aromatic heterocycles. The Bertz CT molecular complexity index is 908. The Kier molecular flexibility index (Phi) is 4.06. The highest BCUT2D eigenvalue weighted by Gasteiger charge is 2.23. The molecule has 0 saturated heterocycles. The van der Waals surface area contributed by atoms with E-state index in [2.05, 4.69) is 59.6 Å². The minimum Gasteiger partial charge on any atom is -0.324 e. The standard InChI is InChI=1S/C20H19ClN4/c1-13(2)14-3-5-16(6-4-14)19-11-18(15-7-9-17(21)10-8-15)24-20-22-12-23-25(19)20/h3-13,19H,1-2H3,(H,22,23,24)/t19-/m1/s1. The van der Waals surface area contributed by atoms with Crippen LogP contribution in [0.4, 0.5) is 5.95 Å².